The molecule has 0 bridgehead atoms. The average Bonchev–Trinajstić information content (AvgIpc) is 2.70. The number of hydrogen-bond acceptors (Lipinski definition) is 4. The molecular weight excluding hydrogens is 344 g/mol. The molecule has 2 aromatic rings. The van der Waals surface area contributed by atoms with E-state index < -0.39 is 23.0 Å². The molecule has 1 aliphatic rings. The lowest BCUT2D eigenvalue weighted by Gasteiger charge is -2.45. The molecule has 2 atom stereocenters. The van der Waals surface area contributed by atoms with Crippen molar-refractivity contribution in [2.45, 2.75) is 30.8 Å². The Morgan fingerprint density at radius 3 is 2.00 bits per heavy atom. The highest BCUT2D eigenvalue weighted by Crippen LogP contribution is 2.40. The predicted octanol–water partition coefficient (Wildman–Crippen LogP) is 2.00. The van der Waals surface area contributed by atoms with Gasteiger partial charge < -0.3 is 15.4 Å². The van der Waals surface area contributed by atoms with Gasteiger partial charge in [-0.05, 0) is 24.0 Å². The first kappa shape index (κ1) is 18.6. The lowest BCUT2D eigenvalue weighted by atomic mass is 9.72. The van der Waals surface area contributed by atoms with Gasteiger partial charge in [0.2, 0.25) is 5.91 Å². The van der Waals surface area contributed by atoms with Gasteiger partial charge in [-0.2, -0.15) is 0 Å². The Labute approximate surface area is 157 Å². The molecule has 0 aliphatic carbocycles. The van der Waals surface area contributed by atoms with Crippen molar-refractivity contribution in [2.75, 3.05) is 7.11 Å². The van der Waals surface area contributed by atoms with Crippen LogP contribution in [0.2, 0.25) is 0 Å². The van der Waals surface area contributed by atoms with E-state index in [-0.39, 0.29) is 18.7 Å². The van der Waals surface area contributed by atoms with Crippen LogP contribution in [0.15, 0.2) is 60.7 Å². The number of benzene rings is 2. The Morgan fingerprint density at radius 1 is 0.963 bits per heavy atom. The zero-order chi connectivity index (χ0) is 19.5. The first-order valence-corrected chi connectivity index (χ1v) is 8.75. The lowest BCUT2D eigenvalue weighted by Crippen LogP contribution is -2.67. The maximum absolute atomic E-state index is 13.3. The third-order valence-electron chi connectivity index (χ3n) is 5.05. The average molecular weight is 366 g/mol. The van der Waals surface area contributed by atoms with Crippen LogP contribution in [-0.4, -0.2) is 24.9 Å². The summed E-state index contributed by atoms with van der Waals surface area (Å²) in [7, 11) is 1.30. The molecule has 0 spiro atoms. The minimum absolute atomic E-state index is 0.256. The SMILES string of the molecule is COC(=O)[C@@]1(c2ccccc2)CC[C@](NC(C)=O)(c2ccccc2)C(=O)N1. The van der Waals surface area contributed by atoms with E-state index >= 15 is 0 Å². The number of esters is 1. The Bertz CT molecular complexity index is 853. The smallest absolute Gasteiger partial charge is 0.336 e. The number of piperidine rings is 1. The molecular formula is C21H22N2O4. The largest absolute Gasteiger partial charge is 0.467 e. The molecule has 0 unspecified atom stereocenters. The molecule has 1 fully saturated rings. The number of methoxy groups -OCH3 is 1. The predicted molar refractivity (Wildman–Crippen MR) is 99.4 cm³/mol. The molecule has 2 aromatic carbocycles. The third-order valence-corrected chi connectivity index (χ3v) is 5.05. The Kier molecular flexibility index (Phi) is 4.99. The van der Waals surface area contributed by atoms with Gasteiger partial charge in [-0.3, -0.25) is 9.59 Å². The Balaban J connectivity index is 2.06. The highest BCUT2D eigenvalue weighted by molar-refractivity contribution is 5.98. The van der Waals surface area contributed by atoms with Crippen molar-refractivity contribution in [3.63, 3.8) is 0 Å². The number of hydrogen-bond donors (Lipinski definition) is 2. The normalized spacial score (nSPS) is 24.6. The summed E-state index contributed by atoms with van der Waals surface area (Å²) < 4.78 is 5.01. The summed E-state index contributed by atoms with van der Waals surface area (Å²) in [5, 5.41) is 5.67. The minimum atomic E-state index is -1.29. The van der Waals surface area contributed by atoms with Gasteiger partial charge in [0.25, 0.3) is 5.91 Å². The highest BCUT2D eigenvalue weighted by atomic mass is 16.5. The highest BCUT2D eigenvalue weighted by Gasteiger charge is 2.54. The van der Waals surface area contributed by atoms with Crippen molar-refractivity contribution >= 4 is 17.8 Å². The first-order valence-electron chi connectivity index (χ1n) is 8.75. The zero-order valence-corrected chi connectivity index (χ0v) is 15.3. The van der Waals surface area contributed by atoms with Crippen LogP contribution in [0.25, 0.3) is 0 Å². The number of rotatable bonds is 4. The molecule has 2 amide bonds. The maximum Gasteiger partial charge on any atom is 0.336 e. The fourth-order valence-electron chi connectivity index (χ4n) is 3.73. The molecule has 140 valence electrons. The van der Waals surface area contributed by atoms with E-state index in [1.165, 1.54) is 14.0 Å². The molecule has 2 N–H and O–H groups in total. The molecule has 0 saturated carbocycles. The van der Waals surface area contributed by atoms with Gasteiger partial charge in [0, 0.05) is 6.92 Å². The van der Waals surface area contributed by atoms with E-state index in [4.69, 9.17) is 4.74 Å². The van der Waals surface area contributed by atoms with Crippen LogP contribution < -0.4 is 10.6 Å². The van der Waals surface area contributed by atoms with Crippen LogP contribution in [0.3, 0.4) is 0 Å². The topological polar surface area (TPSA) is 84.5 Å². The van der Waals surface area contributed by atoms with Crippen LogP contribution in [0.5, 0.6) is 0 Å². The molecule has 0 radical (unpaired) electrons. The van der Waals surface area contributed by atoms with Gasteiger partial charge in [0.15, 0.2) is 5.54 Å². The summed E-state index contributed by atoms with van der Waals surface area (Å²) in [5.41, 5.74) is -1.21. The summed E-state index contributed by atoms with van der Waals surface area (Å²) in [4.78, 5) is 37.9. The number of amides is 2. The number of carbonyl (C=O) groups is 3. The second-order valence-corrected chi connectivity index (χ2v) is 6.67. The van der Waals surface area contributed by atoms with E-state index in [0.29, 0.717) is 11.1 Å². The van der Waals surface area contributed by atoms with Gasteiger partial charge in [-0.15, -0.1) is 0 Å². The first-order chi connectivity index (χ1) is 12.9. The Morgan fingerprint density at radius 2 is 1.52 bits per heavy atom. The summed E-state index contributed by atoms with van der Waals surface area (Å²) in [6.07, 6.45) is 0.539. The molecule has 1 aliphatic heterocycles. The van der Waals surface area contributed by atoms with Gasteiger partial charge in [0.05, 0.1) is 7.11 Å². The maximum atomic E-state index is 13.3. The van der Waals surface area contributed by atoms with Crippen molar-refractivity contribution in [2.24, 2.45) is 0 Å². The molecule has 6 nitrogen and oxygen atoms in total. The van der Waals surface area contributed by atoms with E-state index in [0.717, 1.165) is 0 Å². The lowest BCUT2D eigenvalue weighted by molar-refractivity contribution is -0.156. The molecule has 27 heavy (non-hydrogen) atoms. The minimum Gasteiger partial charge on any atom is -0.467 e. The number of ether oxygens (including phenoxy) is 1. The summed E-state index contributed by atoms with van der Waals surface area (Å²) in [6.45, 7) is 1.37. The summed E-state index contributed by atoms with van der Waals surface area (Å²) in [6, 6.07) is 18.1. The van der Waals surface area contributed by atoms with Crippen molar-refractivity contribution in [3.05, 3.63) is 71.8 Å². The molecule has 3 rings (SSSR count). The van der Waals surface area contributed by atoms with Crippen molar-refractivity contribution in [3.8, 4) is 0 Å². The second kappa shape index (κ2) is 7.23. The standard InChI is InChI=1S/C21H22N2O4/c1-15(24)22-20(16-9-5-3-6-10-16)13-14-21(19(26)27-2,23-18(20)25)17-11-7-4-8-12-17/h3-12H,13-14H2,1-2H3,(H,22,24)(H,23,25)/t20-,21-/m0/s1. The quantitative estimate of drug-likeness (QED) is 0.811. The van der Waals surface area contributed by atoms with Crippen LogP contribution in [-0.2, 0) is 30.2 Å². The van der Waals surface area contributed by atoms with Gasteiger partial charge in [-0.25, -0.2) is 4.79 Å². The van der Waals surface area contributed by atoms with E-state index in [1.54, 1.807) is 36.4 Å². The summed E-state index contributed by atoms with van der Waals surface area (Å²) in [5.74, 6) is -1.30. The van der Waals surface area contributed by atoms with E-state index in [1.807, 2.05) is 24.3 Å². The third kappa shape index (κ3) is 3.18. The van der Waals surface area contributed by atoms with Crippen molar-refractivity contribution in [1.82, 2.24) is 10.6 Å². The second-order valence-electron chi connectivity index (χ2n) is 6.67. The monoisotopic (exact) mass is 366 g/mol. The number of nitrogens with one attached hydrogen (secondary N) is 2. The number of carbonyl (C=O) groups excluding carboxylic acids is 3. The molecule has 0 aromatic heterocycles. The van der Waals surface area contributed by atoms with Crippen LogP contribution in [0.4, 0.5) is 0 Å². The molecule has 1 saturated heterocycles. The van der Waals surface area contributed by atoms with Crippen molar-refractivity contribution < 1.29 is 19.1 Å². The molecule has 1 heterocycles. The molecule has 6 heteroatoms. The van der Waals surface area contributed by atoms with Crippen molar-refractivity contribution in [1.29, 1.82) is 0 Å². The summed E-state index contributed by atoms with van der Waals surface area (Å²) >= 11 is 0. The van der Waals surface area contributed by atoms with Crippen LogP contribution >= 0.6 is 0 Å². The van der Waals surface area contributed by atoms with Crippen LogP contribution in [0.1, 0.15) is 30.9 Å². The van der Waals surface area contributed by atoms with Gasteiger partial charge in [0.1, 0.15) is 5.54 Å². The van der Waals surface area contributed by atoms with Crippen LogP contribution in [0, 0.1) is 0 Å². The van der Waals surface area contributed by atoms with Gasteiger partial charge >= 0.3 is 5.97 Å². The fourth-order valence-corrected chi connectivity index (χ4v) is 3.73. The van der Waals surface area contributed by atoms with E-state index in [2.05, 4.69) is 10.6 Å². The van der Waals surface area contributed by atoms with Gasteiger partial charge in [-0.1, -0.05) is 60.7 Å². The van der Waals surface area contributed by atoms with E-state index in [9.17, 15) is 14.4 Å². The zero-order valence-electron chi connectivity index (χ0n) is 15.3. The fraction of sp³-hybridized carbons (Fsp3) is 0.286. The Hall–Kier alpha value is -3.15.